The van der Waals surface area contributed by atoms with E-state index in [1.165, 1.54) is 30.5 Å². The standard InChI is InChI=1S/C25H30FN3O6/c1-5-33-21-13-17(7-12-20(21)35-15-22(30)34-6-2)14-27-29-25(32)23(16(3)4)28-24(31)18-8-10-19(26)11-9-18/h7-14,16,23H,5-6,15H2,1-4H3,(H,28,31)(H,29,32). The number of nitrogens with zero attached hydrogens (tertiary/aromatic N) is 1. The van der Waals surface area contributed by atoms with Crippen molar-refractivity contribution in [3.05, 3.63) is 59.4 Å². The first-order chi connectivity index (χ1) is 16.7. The van der Waals surface area contributed by atoms with Crippen molar-refractivity contribution in [3.63, 3.8) is 0 Å². The van der Waals surface area contributed by atoms with Gasteiger partial charge in [-0.25, -0.2) is 14.6 Å². The number of ether oxygens (including phenoxy) is 3. The first-order valence-electron chi connectivity index (χ1n) is 11.2. The summed E-state index contributed by atoms with van der Waals surface area (Å²) in [5, 5.41) is 6.61. The van der Waals surface area contributed by atoms with Gasteiger partial charge in [0.15, 0.2) is 18.1 Å². The van der Waals surface area contributed by atoms with Crippen molar-refractivity contribution in [2.75, 3.05) is 19.8 Å². The molecule has 0 bridgehead atoms. The van der Waals surface area contributed by atoms with Gasteiger partial charge in [0.1, 0.15) is 11.9 Å². The number of hydrazone groups is 1. The van der Waals surface area contributed by atoms with E-state index < -0.39 is 29.6 Å². The molecule has 10 heteroatoms. The highest BCUT2D eigenvalue weighted by atomic mass is 19.1. The summed E-state index contributed by atoms with van der Waals surface area (Å²) in [6.45, 7) is 7.45. The van der Waals surface area contributed by atoms with Gasteiger partial charge in [0.25, 0.3) is 11.8 Å². The Hall–Kier alpha value is -3.95. The van der Waals surface area contributed by atoms with Crippen molar-refractivity contribution in [1.82, 2.24) is 10.7 Å². The average Bonchev–Trinajstić information content (AvgIpc) is 2.82. The Bertz CT molecular complexity index is 1040. The molecule has 0 aromatic heterocycles. The van der Waals surface area contributed by atoms with E-state index in [2.05, 4.69) is 15.8 Å². The minimum Gasteiger partial charge on any atom is -0.490 e. The van der Waals surface area contributed by atoms with Crippen molar-refractivity contribution >= 4 is 24.0 Å². The van der Waals surface area contributed by atoms with Crippen LogP contribution < -0.4 is 20.2 Å². The average molecular weight is 488 g/mol. The second kappa shape index (κ2) is 13.7. The van der Waals surface area contributed by atoms with Crippen LogP contribution >= 0.6 is 0 Å². The van der Waals surface area contributed by atoms with Crippen LogP contribution in [0.15, 0.2) is 47.6 Å². The second-order valence-electron chi connectivity index (χ2n) is 7.67. The molecule has 188 valence electrons. The van der Waals surface area contributed by atoms with Crippen LogP contribution in [-0.4, -0.2) is 49.9 Å². The molecule has 0 fully saturated rings. The summed E-state index contributed by atoms with van der Waals surface area (Å²) in [7, 11) is 0. The highest BCUT2D eigenvalue weighted by Gasteiger charge is 2.24. The zero-order chi connectivity index (χ0) is 25.8. The summed E-state index contributed by atoms with van der Waals surface area (Å²) in [6, 6.07) is 9.11. The number of hydrogen-bond acceptors (Lipinski definition) is 7. The highest BCUT2D eigenvalue weighted by Crippen LogP contribution is 2.28. The zero-order valence-corrected chi connectivity index (χ0v) is 20.2. The molecule has 0 aliphatic carbocycles. The highest BCUT2D eigenvalue weighted by molar-refractivity contribution is 5.97. The Kier molecular flexibility index (Phi) is 10.7. The van der Waals surface area contributed by atoms with E-state index >= 15 is 0 Å². The van der Waals surface area contributed by atoms with Crippen molar-refractivity contribution in [3.8, 4) is 11.5 Å². The molecule has 0 heterocycles. The van der Waals surface area contributed by atoms with Crippen LogP contribution in [0.1, 0.15) is 43.6 Å². The molecule has 2 N–H and O–H groups in total. The molecule has 2 amide bonds. The maximum atomic E-state index is 13.1. The minimum absolute atomic E-state index is 0.227. The molecule has 9 nitrogen and oxygen atoms in total. The van der Waals surface area contributed by atoms with Gasteiger partial charge in [0, 0.05) is 5.56 Å². The number of benzene rings is 2. The maximum absolute atomic E-state index is 13.1. The van der Waals surface area contributed by atoms with Crippen LogP contribution in [-0.2, 0) is 14.3 Å². The molecule has 2 rings (SSSR count). The van der Waals surface area contributed by atoms with E-state index in [0.29, 0.717) is 23.7 Å². The van der Waals surface area contributed by atoms with E-state index in [1.54, 1.807) is 39.0 Å². The van der Waals surface area contributed by atoms with E-state index in [1.807, 2.05) is 6.92 Å². The Morgan fingerprint density at radius 3 is 2.34 bits per heavy atom. The van der Waals surface area contributed by atoms with Gasteiger partial charge < -0.3 is 19.5 Å². The molecule has 0 spiro atoms. The molecule has 1 atom stereocenters. The molecule has 0 saturated carbocycles. The number of carbonyl (C=O) groups excluding carboxylic acids is 3. The predicted octanol–water partition coefficient (Wildman–Crippen LogP) is 3.07. The minimum atomic E-state index is -0.859. The Balaban J connectivity index is 2.03. The lowest BCUT2D eigenvalue weighted by Gasteiger charge is -2.20. The van der Waals surface area contributed by atoms with E-state index in [9.17, 15) is 18.8 Å². The number of halogens is 1. The SMILES string of the molecule is CCOC(=O)COc1ccc(C=NNC(=O)C(NC(=O)c2ccc(F)cc2)C(C)C)cc1OCC. The van der Waals surface area contributed by atoms with Gasteiger partial charge in [-0.2, -0.15) is 5.10 Å². The quantitative estimate of drug-likeness (QED) is 0.270. The van der Waals surface area contributed by atoms with Crippen LogP contribution in [0.4, 0.5) is 4.39 Å². The Morgan fingerprint density at radius 2 is 1.71 bits per heavy atom. The Morgan fingerprint density at radius 1 is 1.00 bits per heavy atom. The van der Waals surface area contributed by atoms with E-state index in [4.69, 9.17) is 14.2 Å². The molecular weight excluding hydrogens is 457 g/mol. The Labute approximate surface area is 203 Å². The van der Waals surface area contributed by atoms with Gasteiger partial charge in [-0.3, -0.25) is 9.59 Å². The van der Waals surface area contributed by atoms with Crippen molar-refractivity contribution in [2.45, 2.75) is 33.7 Å². The van der Waals surface area contributed by atoms with Crippen LogP contribution in [0.2, 0.25) is 0 Å². The van der Waals surface area contributed by atoms with Crippen LogP contribution in [0.5, 0.6) is 11.5 Å². The van der Waals surface area contributed by atoms with Gasteiger partial charge in [0.2, 0.25) is 0 Å². The fourth-order valence-corrected chi connectivity index (χ4v) is 2.93. The third-order valence-electron chi connectivity index (χ3n) is 4.65. The maximum Gasteiger partial charge on any atom is 0.344 e. The monoisotopic (exact) mass is 487 g/mol. The molecule has 35 heavy (non-hydrogen) atoms. The molecule has 0 aliphatic rings. The van der Waals surface area contributed by atoms with Crippen LogP contribution in [0.3, 0.4) is 0 Å². The normalized spacial score (nSPS) is 11.7. The lowest BCUT2D eigenvalue weighted by Crippen LogP contribution is -2.48. The predicted molar refractivity (Wildman–Crippen MR) is 128 cm³/mol. The summed E-state index contributed by atoms with van der Waals surface area (Å²) in [4.78, 5) is 36.6. The number of esters is 1. The summed E-state index contributed by atoms with van der Waals surface area (Å²) in [6.07, 6.45) is 1.41. The summed E-state index contributed by atoms with van der Waals surface area (Å²) >= 11 is 0. The van der Waals surface area contributed by atoms with Gasteiger partial charge in [0.05, 0.1) is 19.4 Å². The zero-order valence-electron chi connectivity index (χ0n) is 20.2. The molecule has 1 unspecified atom stereocenters. The molecule has 2 aromatic carbocycles. The lowest BCUT2D eigenvalue weighted by molar-refractivity contribution is -0.145. The van der Waals surface area contributed by atoms with Gasteiger partial charge in [-0.15, -0.1) is 0 Å². The van der Waals surface area contributed by atoms with Gasteiger partial charge in [-0.05, 0) is 67.8 Å². The third kappa shape index (κ3) is 8.73. The fourth-order valence-electron chi connectivity index (χ4n) is 2.93. The van der Waals surface area contributed by atoms with Gasteiger partial charge >= 0.3 is 5.97 Å². The smallest absolute Gasteiger partial charge is 0.344 e. The molecule has 0 aliphatic heterocycles. The summed E-state index contributed by atoms with van der Waals surface area (Å²) in [5.74, 6) is -1.42. The largest absolute Gasteiger partial charge is 0.490 e. The van der Waals surface area contributed by atoms with Crippen molar-refractivity contribution in [1.29, 1.82) is 0 Å². The van der Waals surface area contributed by atoms with E-state index in [0.717, 1.165) is 0 Å². The second-order valence-corrected chi connectivity index (χ2v) is 7.67. The van der Waals surface area contributed by atoms with Crippen molar-refractivity contribution < 1.29 is 33.0 Å². The molecule has 0 radical (unpaired) electrons. The van der Waals surface area contributed by atoms with Crippen LogP contribution in [0.25, 0.3) is 0 Å². The van der Waals surface area contributed by atoms with Crippen molar-refractivity contribution in [2.24, 2.45) is 11.0 Å². The van der Waals surface area contributed by atoms with E-state index in [-0.39, 0.29) is 24.7 Å². The first-order valence-corrected chi connectivity index (χ1v) is 11.2. The summed E-state index contributed by atoms with van der Waals surface area (Å²) < 4.78 is 29.0. The van der Waals surface area contributed by atoms with Gasteiger partial charge in [-0.1, -0.05) is 13.8 Å². The number of nitrogens with one attached hydrogen (secondary N) is 2. The number of carbonyl (C=O) groups is 3. The lowest BCUT2D eigenvalue weighted by atomic mass is 10.0. The third-order valence-corrected chi connectivity index (χ3v) is 4.65. The molecule has 0 saturated heterocycles. The molecule has 2 aromatic rings. The number of hydrogen-bond donors (Lipinski definition) is 2. The topological polar surface area (TPSA) is 115 Å². The first kappa shape index (κ1) is 27.3. The molecular formula is C25H30FN3O6. The van der Waals surface area contributed by atoms with Crippen LogP contribution in [0, 0.1) is 11.7 Å². The fraction of sp³-hybridized carbons (Fsp3) is 0.360. The summed E-state index contributed by atoms with van der Waals surface area (Å²) in [5.41, 5.74) is 3.26. The number of amides is 2. The number of rotatable bonds is 12.